The van der Waals surface area contributed by atoms with Crippen LogP contribution in [-0.4, -0.2) is 90.8 Å². The maximum Gasteiger partial charge on any atom is 0.118 e. The van der Waals surface area contributed by atoms with Crippen molar-refractivity contribution in [2.24, 2.45) is 0 Å². The van der Waals surface area contributed by atoms with Gasteiger partial charge in [0.15, 0.2) is 0 Å². The van der Waals surface area contributed by atoms with Gasteiger partial charge in [-0.1, -0.05) is 49.4 Å². The molecule has 2 N–H and O–H groups in total. The molecule has 1 aliphatic heterocycles. The normalized spacial score (nSPS) is 15.1. The van der Waals surface area contributed by atoms with Gasteiger partial charge in [0.2, 0.25) is 0 Å². The monoisotopic (exact) mass is 569 g/mol. The van der Waals surface area contributed by atoms with Crippen molar-refractivity contribution in [3.05, 3.63) is 95.7 Å². The Balaban J connectivity index is 1.51. The van der Waals surface area contributed by atoms with Gasteiger partial charge in [-0.3, -0.25) is 9.80 Å². The first-order valence-corrected chi connectivity index (χ1v) is 14.9. The minimum atomic E-state index is -0.491. The molecule has 2 heterocycles. The molecule has 222 valence electrons. The Kier molecular flexibility index (Phi) is 9.97. The van der Waals surface area contributed by atoms with E-state index in [2.05, 4.69) is 76.0 Å². The lowest BCUT2D eigenvalue weighted by Crippen LogP contribution is -2.49. The van der Waals surface area contributed by atoms with Crippen molar-refractivity contribution in [3.8, 4) is 11.5 Å². The molecular formula is C35H43N3O4. The van der Waals surface area contributed by atoms with Gasteiger partial charge in [-0.25, -0.2) is 0 Å². The number of rotatable bonds is 12. The van der Waals surface area contributed by atoms with Gasteiger partial charge in [-0.2, -0.15) is 0 Å². The zero-order valence-corrected chi connectivity index (χ0v) is 25.0. The lowest BCUT2D eigenvalue weighted by atomic mass is 9.88. The molecule has 0 bridgehead atoms. The number of β-amino-alcohol motifs (C(OH)–C–C–N with tert-alkyl or cyclic N) is 2. The molecule has 1 fully saturated rings. The van der Waals surface area contributed by atoms with Gasteiger partial charge < -0.3 is 24.3 Å². The first-order chi connectivity index (χ1) is 20.5. The quantitative estimate of drug-likeness (QED) is 0.250. The van der Waals surface area contributed by atoms with Crippen molar-refractivity contribution in [2.75, 3.05) is 60.1 Å². The van der Waals surface area contributed by atoms with E-state index < -0.39 is 6.10 Å². The van der Waals surface area contributed by atoms with E-state index in [9.17, 15) is 10.2 Å². The highest BCUT2D eigenvalue weighted by Crippen LogP contribution is 2.39. The molecule has 0 aliphatic carbocycles. The first kappa shape index (κ1) is 29.9. The number of hydrogen-bond donors (Lipinski definition) is 2. The van der Waals surface area contributed by atoms with Crippen molar-refractivity contribution in [3.63, 3.8) is 0 Å². The summed E-state index contributed by atoms with van der Waals surface area (Å²) in [7, 11) is 3.38. The molecule has 1 aliphatic rings. The molecule has 1 saturated heterocycles. The van der Waals surface area contributed by atoms with Crippen LogP contribution in [0.3, 0.4) is 0 Å². The maximum absolute atomic E-state index is 11.2. The van der Waals surface area contributed by atoms with Crippen LogP contribution in [0.1, 0.15) is 30.0 Å². The molecular weight excluding hydrogens is 526 g/mol. The van der Waals surface area contributed by atoms with Gasteiger partial charge in [0.1, 0.15) is 11.5 Å². The highest BCUT2D eigenvalue weighted by atomic mass is 16.5. The minimum Gasteiger partial charge on any atom is -0.497 e. The topological polar surface area (TPSA) is 70.3 Å². The molecule has 7 heteroatoms. The van der Waals surface area contributed by atoms with Crippen LogP contribution >= 0.6 is 0 Å². The summed E-state index contributed by atoms with van der Waals surface area (Å²) in [4.78, 5) is 4.60. The maximum atomic E-state index is 11.2. The van der Waals surface area contributed by atoms with Crippen LogP contribution in [0.5, 0.6) is 11.5 Å². The molecule has 0 unspecified atom stereocenters. The zero-order valence-electron chi connectivity index (χ0n) is 25.0. The van der Waals surface area contributed by atoms with Crippen molar-refractivity contribution in [1.29, 1.82) is 0 Å². The highest BCUT2D eigenvalue weighted by molar-refractivity contribution is 6.05. The van der Waals surface area contributed by atoms with E-state index in [1.165, 1.54) is 22.1 Å². The van der Waals surface area contributed by atoms with E-state index >= 15 is 0 Å². The number of fused-ring (bicyclic) bond motifs is 1. The average molecular weight is 570 g/mol. The van der Waals surface area contributed by atoms with Gasteiger partial charge in [0.05, 0.1) is 26.9 Å². The molecule has 0 amide bonds. The molecule has 1 atom stereocenters. The fourth-order valence-corrected chi connectivity index (χ4v) is 6.09. The van der Waals surface area contributed by atoms with E-state index in [-0.39, 0.29) is 6.61 Å². The Morgan fingerprint density at radius 3 is 1.90 bits per heavy atom. The smallest absolute Gasteiger partial charge is 0.118 e. The summed E-state index contributed by atoms with van der Waals surface area (Å²) >= 11 is 0. The molecule has 3 aromatic carbocycles. The van der Waals surface area contributed by atoms with Crippen molar-refractivity contribution in [1.82, 2.24) is 14.4 Å². The number of methoxy groups -OCH3 is 2. The lowest BCUT2D eigenvalue weighted by molar-refractivity contribution is 0.0596. The van der Waals surface area contributed by atoms with Crippen LogP contribution in [0.15, 0.2) is 79.0 Å². The predicted octanol–water partition coefficient (Wildman–Crippen LogP) is 5.00. The average Bonchev–Trinajstić information content (AvgIpc) is 3.38. The third kappa shape index (κ3) is 6.71. The Hall–Kier alpha value is -3.62. The van der Waals surface area contributed by atoms with Gasteiger partial charge in [0, 0.05) is 68.5 Å². The van der Waals surface area contributed by atoms with E-state index in [1.807, 2.05) is 24.3 Å². The summed E-state index contributed by atoms with van der Waals surface area (Å²) in [5.41, 5.74) is 6.96. The Labute approximate surface area is 249 Å². The molecule has 0 radical (unpaired) electrons. The molecule has 0 saturated carbocycles. The number of aliphatic hydroxyl groups excluding tert-OH is 2. The fraction of sp³-hybridized carbons (Fsp3) is 0.371. The zero-order chi connectivity index (χ0) is 29.5. The second-order valence-corrected chi connectivity index (χ2v) is 10.9. The van der Waals surface area contributed by atoms with E-state index in [4.69, 9.17) is 9.47 Å². The van der Waals surface area contributed by atoms with Crippen molar-refractivity contribution in [2.45, 2.75) is 26.0 Å². The third-order valence-electron chi connectivity index (χ3n) is 8.28. The molecule has 4 aromatic rings. The van der Waals surface area contributed by atoms with Gasteiger partial charge in [-0.05, 0) is 59.0 Å². The van der Waals surface area contributed by atoms with E-state index in [1.54, 1.807) is 14.2 Å². The summed E-state index contributed by atoms with van der Waals surface area (Å²) in [6.45, 7) is 7.94. The predicted molar refractivity (Wildman–Crippen MR) is 170 cm³/mol. The number of ether oxygens (including phenoxy) is 2. The number of benzene rings is 3. The van der Waals surface area contributed by atoms with Crippen LogP contribution in [-0.2, 0) is 6.54 Å². The van der Waals surface area contributed by atoms with Gasteiger partial charge in [-0.15, -0.1) is 0 Å². The minimum absolute atomic E-state index is 0.193. The Morgan fingerprint density at radius 2 is 1.36 bits per heavy atom. The summed E-state index contributed by atoms with van der Waals surface area (Å²) in [5.74, 6) is 1.65. The van der Waals surface area contributed by atoms with Crippen LogP contribution in [0.4, 0.5) is 0 Å². The van der Waals surface area contributed by atoms with Crippen LogP contribution in [0, 0.1) is 0 Å². The molecule has 42 heavy (non-hydrogen) atoms. The number of aliphatic hydroxyl groups is 2. The standard InChI is InChI=1S/C35H43N3O4/c1-4-31(35(26-9-13-29(41-2)14-10-26)27-11-15-30(42-3)16-12-27)33-25-38(34-8-6-5-7-32(33)34)24-28(40)23-37-19-17-36(18-20-37)21-22-39/h5-16,25,28,39-40H,4,17-24H2,1-3H3/t28-/m0/s1. The van der Waals surface area contributed by atoms with Crippen LogP contribution in [0.25, 0.3) is 22.0 Å². The van der Waals surface area contributed by atoms with Gasteiger partial charge in [0.25, 0.3) is 0 Å². The van der Waals surface area contributed by atoms with Crippen LogP contribution in [0.2, 0.25) is 0 Å². The largest absolute Gasteiger partial charge is 0.497 e. The second kappa shape index (κ2) is 14.0. The number of piperazine rings is 1. The SMILES string of the molecule is CCC(=C(c1ccc(OC)cc1)c1ccc(OC)cc1)c1cn(C[C@@H](O)CN2CCN(CCO)CC2)c2ccccc12. The molecule has 1 aromatic heterocycles. The van der Waals surface area contributed by atoms with E-state index in [0.717, 1.165) is 67.3 Å². The number of aromatic nitrogens is 1. The van der Waals surface area contributed by atoms with Crippen molar-refractivity contribution < 1.29 is 19.7 Å². The third-order valence-corrected chi connectivity index (χ3v) is 8.28. The number of allylic oxidation sites excluding steroid dienone is 1. The number of para-hydroxylation sites is 1. The Bertz CT molecular complexity index is 1420. The second-order valence-electron chi connectivity index (χ2n) is 10.9. The molecule has 5 rings (SSSR count). The molecule has 0 spiro atoms. The summed E-state index contributed by atoms with van der Waals surface area (Å²) in [6.07, 6.45) is 2.57. The number of hydrogen-bond acceptors (Lipinski definition) is 6. The van der Waals surface area contributed by atoms with Gasteiger partial charge >= 0.3 is 0 Å². The van der Waals surface area contributed by atoms with Crippen LogP contribution < -0.4 is 9.47 Å². The highest BCUT2D eigenvalue weighted by Gasteiger charge is 2.22. The Morgan fingerprint density at radius 1 is 0.786 bits per heavy atom. The fourth-order valence-electron chi connectivity index (χ4n) is 6.09. The molecule has 7 nitrogen and oxygen atoms in total. The van der Waals surface area contributed by atoms with E-state index in [0.29, 0.717) is 13.1 Å². The summed E-state index contributed by atoms with van der Waals surface area (Å²) < 4.78 is 13.1. The lowest BCUT2D eigenvalue weighted by Gasteiger charge is -2.35. The summed E-state index contributed by atoms with van der Waals surface area (Å²) in [6, 6.07) is 25.0. The first-order valence-electron chi connectivity index (χ1n) is 14.9. The summed E-state index contributed by atoms with van der Waals surface area (Å²) in [5, 5.41) is 21.6. The number of nitrogens with zero attached hydrogens (tertiary/aromatic N) is 3. The van der Waals surface area contributed by atoms with Crippen molar-refractivity contribution >= 4 is 22.0 Å².